The fourth-order valence-electron chi connectivity index (χ4n) is 2.83. The van der Waals surface area contributed by atoms with Crippen LogP contribution in [-0.4, -0.2) is 59.6 Å². The van der Waals surface area contributed by atoms with Gasteiger partial charge in [-0.2, -0.15) is 0 Å². The molecule has 1 atom stereocenters. The van der Waals surface area contributed by atoms with Crippen LogP contribution in [0.4, 0.5) is 0 Å². The minimum absolute atomic E-state index is 0.0955. The Hall–Kier alpha value is -3.47. The summed E-state index contributed by atoms with van der Waals surface area (Å²) in [6, 6.07) is 14.8. The number of carbonyl (C=O) groups is 2. The van der Waals surface area contributed by atoms with Gasteiger partial charge < -0.3 is 15.4 Å². The van der Waals surface area contributed by atoms with Crippen molar-refractivity contribution < 1.29 is 25.0 Å². The lowest BCUT2D eigenvalue weighted by atomic mass is 10.0. The zero-order valence-corrected chi connectivity index (χ0v) is 17.2. The van der Waals surface area contributed by atoms with Gasteiger partial charge in [0.15, 0.2) is 11.3 Å². The Bertz CT molecular complexity index is 1080. The summed E-state index contributed by atoms with van der Waals surface area (Å²) in [6.07, 6.45) is 0.989. The quantitative estimate of drug-likeness (QED) is 0.304. The van der Waals surface area contributed by atoms with Gasteiger partial charge in [0.1, 0.15) is 0 Å². The Morgan fingerprint density at radius 2 is 1.90 bits per heavy atom. The third-order valence-electron chi connectivity index (χ3n) is 4.42. The first-order chi connectivity index (χ1) is 14.6. The number of hydrazine groups is 1. The van der Waals surface area contributed by atoms with Crippen LogP contribution in [0.2, 0.25) is 5.02 Å². The van der Waals surface area contributed by atoms with E-state index in [0.29, 0.717) is 9.87 Å². The van der Waals surface area contributed by atoms with Crippen molar-refractivity contribution in [3.8, 4) is 11.1 Å². The number of benzene rings is 2. The summed E-state index contributed by atoms with van der Waals surface area (Å²) in [4.78, 5) is 24.1. The lowest BCUT2D eigenvalue weighted by Gasteiger charge is -2.29. The SMILES string of the molecule is C[C@@](O)(CN(Cc1ccc(-c2cccc(Cl)c2)cc1)NC(=O)c1cn(O)nn1)C(=O)O. The number of aromatic nitrogens is 3. The number of nitrogens with one attached hydrogen (secondary N) is 1. The maximum atomic E-state index is 12.4. The van der Waals surface area contributed by atoms with Crippen molar-refractivity contribution in [2.24, 2.45) is 0 Å². The minimum atomic E-state index is -2.12. The smallest absolute Gasteiger partial charge is 0.336 e. The molecule has 3 aromatic rings. The second-order valence-corrected chi connectivity index (χ2v) is 7.54. The van der Waals surface area contributed by atoms with Crippen molar-refractivity contribution in [2.75, 3.05) is 6.54 Å². The highest BCUT2D eigenvalue weighted by molar-refractivity contribution is 6.30. The van der Waals surface area contributed by atoms with E-state index in [0.717, 1.165) is 29.8 Å². The molecule has 0 aliphatic carbocycles. The zero-order chi connectivity index (χ0) is 22.6. The Kier molecular flexibility index (Phi) is 6.54. The summed E-state index contributed by atoms with van der Waals surface area (Å²) >= 11 is 6.04. The molecule has 4 N–H and O–H groups in total. The Balaban J connectivity index is 1.78. The standard InChI is InChI=1S/C20H20ClN5O5/c1-20(30,19(28)29)12-25(23-18(27)17-11-26(31)24-22-17)10-13-5-7-14(8-6-13)15-3-2-4-16(21)9-15/h2-9,11,30-31H,10,12H2,1H3,(H,23,27)(H,28,29)/t20-/m1/s1. The van der Waals surface area contributed by atoms with Crippen molar-refractivity contribution >= 4 is 23.5 Å². The molecule has 0 aliphatic rings. The molecule has 0 radical (unpaired) electrons. The van der Waals surface area contributed by atoms with Gasteiger partial charge in [0.05, 0.1) is 12.7 Å². The molecule has 0 saturated heterocycles. The van der Waals surface area contributed by atoms with Crippen LogP contribution in [0.25, 0.3) is 11.1 Å². The first-order valence-corrected chi connectivity index (χ1v) is 9.50. The molecule has 0 fully saturated rings. The summed E-state index contributed by atoms with van der Waals surface area (Å²) in [5, 5.41) is 37.2. The molecule has 1 aromatic heterocycles. The third kappa shape index (κ3) is 5.79. The van der Waals surface area contributed by atoms with Crippen LogP contribution in [0.15, 0.2) is 54.7 Å². The molecule has 2 aromatic carbocycles. The number of rotatable bonds is 8. The highest BCUT2D eigenvalue weighted by atomic mass is 35.5. The Morgan fingerprint density at radius 3 is 2.48 bits per heavy atom. The first kappa shape index (κ1) is 22.2. The van der Waals surface area contributed by atoms with E-state index in [-0.39, 0.29) is 12.2 Å². The summed E-state index contributed by atoms with van der Waals surface area (Å²) in [5.74, 6) is -2.17. The van der Waals surface area contributed by atoms with Gasteiger partial charge in [-0.1, -0.05) is 52.8 Å². The number of aliphatic carboxylic acids is 1. The molecule has 11 heteroatoms. The normalized spacial score (nSPS) is 13.0. The van der Waals surface area contributed by atoms with Gasteiger partial charge in [0, 0.05) is 11.6 Å². The van der Waals surface area contributed by atoms with Crippen LogP contribution in [0.5, 0.6) is 0 Å². The average molecular weight is 446 g/mol. The summed E-state index contributed by atoms with van der Waals surface area (Å²) in [6.45, 7) is 0.816. The van der Waals surface area contributed by atoms with Gasteiger partial charge in [-0.25, -0.2) is 9.80 Å². The number of carbonyl (C=O) groups excluding carboxylic acids is 1. The van der Waals surface area contributed by atoms with Crippen LogP contribution in [0.1, 0.15) is 23.0 Å². The van der Waals surface area contributed by atoms with Gasteiger partial charge in [-0.05, 0) is 41.0 Å². The van der Waals surface area contributed by atoms with E-state index >= 15 is 0 Å². The maximum Gasteiger partial charge on any atom is 0.336 e. The Morgan fingerprint density at radius 1 is 1.19 bits per heavy atom. The molecular formula is C20H20ClN5O5. The van der Waals surface area contributed by atoms with E-state index in [9.17, 15) is 25.0 Å². The van der Waals surface area contributed by atoms with Crippen LogP contribution in [0, 0.1) is 0 Å². The molecule has 0 bridgehead atoms. The molecule has 1 amide bonds. The van der Waals surface area contributed by atoms with E-state index in [2.05, 4.69) is 15.7 Å². The van der Waals surface area contributed by atoms with E-state index in [1.165, 1.54) is 5.01 Å². The number of amides is 1. The summed E-state index contributed by atoms with van der Waals surface area (Å²) < 4.78 is 0. The number of hydrogen-bond donors (Lipinski definition) is 4. The number of nitrogens with zero attached hydrogens (tertiary/aromatic N) is 4. The fourth-order valence-corrected chi connectivity index (χ4v) is 3.02. The van der Waals surface area contributed by atoms with Crippen LogP contribution in [0.3, 0.4) is 0 Å². The molecule has 1 heterocycles. The molecule has 0 saturated carbocycles. The molecular weight excluding hydrogens is 426 g/mol. The predicted octanol–water partition coefficient (Wildman–Crippen LogP) is 1.82. The number of aliphatic hydroxyl groups is 1. The van der Waals surface area contributed by atoms with Crippen LogP contribution >= 0.6 is 11.6 Å². The van der Waals surface area contributed by atoms with Gasteiger partial charge in [0.25, 0.3) is 5.91 Å². The van der Waals surface area contributed by atoms with Crippen molar-refractivity contribution in [2.45, 2.75) is 19.1 Å². The largest absolute Gasteiger partial charge is 0.479 e. The van der Waals surface area contributed by atoms with Gasteiger partial charge in [-0.3, -0.25) is 10.2 Å². The number of carboxylic acid groups (broad SMARTS) is 1. The molecule has 0 unspecified atom stereocenters. The maximum absolute atomic E-state index is 12.4. The van der Waals surface area contributed by atoms with E-state index in [1.54, 1.807) is 6.07 Å². The Labute approximate surface area is 182 Å². The molecule has 10 nitrogen and oxygen atoms in total. The number of carboxylic acids is 1. The monoisotopic (exact) mass is 445 g/mol. The van der Waals surface area contributed by atoms with Gasteiger partial charge >= 0.3 is 5.97 Å². The minimum Gasteiger partial charge on any atom is -0.479 e. The second-order valence-electron chi connectivity index (χ2n) is 7.11. The van der Waals surface area contributed by atoms with Gasteiger partial charge in [-0.15, -0.1) is 5.10 Å². The van der Waals surface area contributed by atoms with Crippen LogP contribution in [-0.2, 0) is 11.3 Å². The highest BCUT2D eigenvalue weighted by Crippen LogP contribution is 2.23. The highest BCUT2D eigenvalue weighted by Gasteiger charge is 2.33. The predicted molar refractivity (Wildman–Crippen MR) is 110 cm³/mol. The van der Waals surface area contributed by atoms with Gasteiger partial charge in [0.2, 0.25) is 0 Å². The fraction of sp³-hybridized carbons (Fsp3) is 0.200. The lowest BCUT2D eigenvalue weighted by Crippen LogP contribution is -2.52. The van der Waals surface area contributed by atoms with Crippen molar-refractivity contribution in [3.63, 3.8) is 0 Å². The summed E-state index contributed by atoms with van der Waals surface area (Å²) in [7, 11) is 0. The van der Waals surface area contributed by atoms with E-state index in [4.69, 9.17) is 11.6 Å². The second kappa shape index (κ2) is 9.13. The van der Waals surface area contributed by atoms with E-state index < -0.39 is 24.0 Å². The van der Waals surface area contributed by atoms with Crippen molar-refractivity contribution in [1.29, 1.82) is 0 Å². The topological polar surface area (TPSA) is 141 Å². The molecule has 0 aliphatic heterocycles. The number of halogens is 1. The number of hydrogen-bond acceptors (Lipinski definition) is 7. The average Bonchev–Trinajstić information content (AvgIpc) is 3.14. The third-order valence-corrected chi connectivity index (χ3v) is 4.65. The van der Waals surface area contributed by atoms with E-state index in [1.807, 2.05) is 42.5 Å². The van der Waals surface area contributed by atoms with Crippen molar-refractivity contribution in [3.05, 3.63) is 71.0 Å². The molecule has 162 valence electrons. The van der Waals surface area contributed by atoms with Crippen molar-refractivity contribution in [1.82, 2.24) is 25.6 Å². The lowest BCUT2D eigenvalue weighted by molar-refractivity contribution is -0.159. The molecule has 3 rings (SSSR count). The first-order valence-electron chi connectivity index (χ1n) is 9.12. The molecule has 0 spiro atoms. The van der Waals surface area contributed by atoms with Crippen LogP contribution < -0.4 is 5.43 Å². The summed E-state index contributed by atoms with van der Waals surface area (Å²) in [5.41, 5.74) is 2.80. The molecule has 31 heavy (non-hydrogen) atoms. The zero-order valence-electron chi connectivity index (χ0n) is 16.4.